The number of benzene rings is 2. The highest BCUT2D eigenvalue weighted by molar-refractivity contribution is 9.11. The highest BCUT2D eigenvalue weighted by Gasteiger charge is 2.21. The van der Waals surface area contributed by atoms with Crippen LogP contribution in [0.3, 0.4) is 0 Å². The van der Waals surface area contributed by atoms with Crippen molar-refractivity contribution >= 4 is 31.9 Å². The summed E-state index contributed by atoms with van der Waals surface area (Å²) in [5.41, 5.74) is 6.02. The molecule has 6 heteroatoms. The Morgan fingerprint density at radius 2 is 1.53 bits per heavy atom. The van der Waals surface area contributed by atoms with Gasteiger partial charge in [0.15, 0.2) is 0 Å². The topological polar surface area (TPSA) is 26.0 Å². The van der Waals surface area contributed by atoms with Crippen molar-refractivity contribution in [1.29, 1.82) is 0 Å². The average molecular weight is 395 g/mol. The molecule has 2 rings (SSSR count). The molecule has 0 aromatic heterocycles. The molecule has 2 aromatic carbocycles. The maximum atomic E-state index is 13.7. The predicted molar refractivity (Wildman–Crippen MR) is 74.2 cm³/mol. The quantitative estimate of drug-likeness (QED) is 0.786. The van der Waals surface area contributed by atoms with Crippen molar-refractivity contribution in [3.63, 3.8) is 0 Å². The minimum atomic E-state index is -1.02. The van der Waals surface area contributed by atoms with Crippen molar-refractivity contribution in [3.8, 4) is 0 Å². The summed E-state index contributed by atoms with van der Waals surface area (Å²) < 4.78 is 41.6. The predicted octanol–water partition coefficient (Wildman–Crippen LogP) is 4.68. The van der Waals surface area contributed by atoms with Gasteiger partial charge in [-0.05, 0) is 17.7 Å². The lowest BCUT2D eigenvalue weighted by atomic mass is 9.98. The largest absolute Gasteiger partial charge is 0.320 e. The van der Waals surface area contributed by atoms with Gasteiger partial charge in [0.05, 0.1) is 6.04 Å². The Hall–Kier alpha value is -0.850. The van der Waals surface area contributed by atoms with Crippen LogP contribution in [0, 0.1) is 17.5 Å². The molecule has 0 fully saturated rings. The zero-order valence-electron chi connectivity index (χ0n) is 9.43. The van der Waals surface area contributed by atoms with Crippen molar-refractivity contribution in [2.24, 2.45) is 5.73 Å². The fourth-order valence-corrected chi connectivity index (χ4v) is 3.05. The number of hydrogen-bond donors (Lipinski definition) is 1. The molecule has 0 aliphatic rings. The zero-order valence-corrected chi connectivity index (χ0v) is 12.6. The molecular formula is C13H8Br2F3N. The smallest absolute Gasteiger partial charge is 0.134 e. The second-order valence-electron chi connectivity index (χ2n) is 3.93. The van der Waals surface area contributed by atoms with Gasteiger partial charge in [-0.25, -0.2) is 13.2 Å². The summed E-state index contributed by atoms with van der Waals surface area (Å²) in [5.74, 6) is -2.97. The first-order chi connectivity index (χ1) is 8.90. The molecule has 100 valence electrons. The molecule has 0 heterocycles. The van der Waals surface area contributed by atoms with Crippen molar-refractivity contribution < 1.29 is 13.2 Å². The van der Waals surface area contributed by atoms with Gasteiger partial charge in [-0.3, -0.25) is 0 Å². The minimum absolute atomic E-state index is 0.357. The van der Waals surface area contributed by atoms with E-state index in [9.17, 15) is 13.2 Å². The average Bonchev–Trinajstić information content (AvgIpc) is 2.26. The fraction of sp³-hybridized carbons (Fsp3) is 0.0769. The van der Waals surface area contributed by atoms with Crippen molar-refractivity contribution in [2.45, 2.75) is 6.04 Å². The molecule has 1 nitrogen and oxygen atoms in total. The van der Waals surface area contributed by atoms with E-state index in [2.05, 4.69) is 31.9 Å². The molecule has 0 aliphatic heterocycles. The highest BCUT2D eigenvalue weighted by Crippen LogP contribution is 2.32. The Kier molecular flexibility index (Phi) is 4.32. The number of halogens is 5. The van der Waals surface area contributed by atoms with Crippen molar-refractivity contribution in [3.05, 3.63) is 67.9 Å². The van der Waals surface area contributed by atoms with Gasteiger partial charge in [0, 0.05) is 26.6 Å². The summed E-state index contributed by atoms with van der Waals surface area (Å²) in [6.45, 7) is 0. The Morgan fingerprint density at radius 1 is 0.947 bits per heavy atom. The molecule has 19 heavy (non-hydrogen) atoms. The van der Waals surface area contributed by atoms with Gasteiger partial charge in [0.1, 0.15) is 17.5 Å². The Balaban J connectivity index is 2.53. The van der Waals surface area contributed by atoms with Gasteiger partial charge in [-0.2, -0.15) is 0 Å². The highest BCUT2D eigenvalue weighted by atomic mass is 79.9. The van der Waals surface area contributed by atoms with Gasteiger partial charge in [0.25, 0.3) is 0 Å². The molecule has 1 atom stereocenters. The second-order valence-corrected chi connectivity index (χ2v) is 5.70. The lowest BCUT2D eigenvalue weighted by Gasteiger charge is -2.16. The lowest BCUT2D eigenvalue weighted by molar-refractivity contribution is 0.515. The Bertz CT molecular complexity index is 608. The summed E-state index contributed by atoms with van der Waals surface area (Å²) >= 11 is 6.55. The van der Waals surface area contributed by atoms with Crippen LogP contribution in [0.15, 0.2) is 39.3 Å². The molecule has 0 aliphatic carbocycles. The van der Waals surface area contributed by atoms with Crippen molar-refractivity contribution in [2.75, 3.05) is 0 Å². The maximum Gasteiger partial charge on any atom is 0.134 e. The molecule has 2 N–H and O–H groups in total. The van der Waals surface area contributed by atoms with Crippen LogP contribution in [0.5, 0.6) is 0 Å². The Morgan fingerprint density at radius 3 is 2.05 bits per heavy atom. The minimum Gasteiger partial charge on any atom is -0.320 e. The van der Waals surface area contributed by atoms with Crippen LogP contribution in [0.1, 0.15) is 17.2 Å². The first-order valence-electron chi connectivity index (χ1n) is 5.25. The van der Waals surface area contributed by atoms with Crippen molar-refractivity contribution in [1.82, 2.24) is 0 Å². The molecular weight excluding hydrogens is 387 g/mol. The van der Waals surface area contributed by atoms with Crippen LogP contribution in [0.25, 0.3) is 0 Å². The Labute approximate surface area is 124 Å². The first-order valence-corrected chi connectivity index (χ1v) is 6.83. The van der Waals surface area contributed by atoms with E-state index in [1.54, 1.807) is 18.2 Å². The molecule has 0 amide bonds. The van der Waals surface area contributed by atoms with Crippen LogP contribution in [0.4, 0.5) is 13.2 Å². The lowest BCUT2D eigenvalue weighted by Crippen LogP contribution is -2.16. The number of rotatable bonds is 2. The molecule has 1 unspecified atom stereocenters. The van der Waals surface area contributed by atoms with Gasteiger partial charge >= 0.3 is 0 Å². The van der Waals surface area contributed by atoms with E-state index in [0.717, 1.165) is 4.47 Å². The first kappa shape index (κ1) is 14.6. The van der Waals surface area contributed by atoms with E-state index >= 15 is 0 Å². The molecule has 0 bridgehead atoms. The molecule has 0 saturated carbocycles. The summed E-state index contributed by atoms with van der Waals surface area (Å²) in [5, 5.41) is 0. The van der Waals surface area contributed by atoms with Crippen LogP contribution in [0.2, 0.25) is 0 Å². The number of hydrogen-bond acceptors (Lipinski definition) is 1. The zero-order chi connectivity index (χ0) is 14.2. The summed E-state index contributed by atoms with van der Waals surface area (Å²) in [6, 6.07) is 5.27. The van der Waals surface area contributed by atoms with Gasteiger partial charge in [-0.15, -0.1) is 0 Å². The molecule has 0 radical (unpaired) electrons. The van der Waals surface area contributed by atoms with Crippen LogP contribution >= 0.6 is 31.9 Å². The third-order valence-electron chi connectivity index (χ3n) is 2.65. The molecule has 0 saturated heterocycles. The van der Waals surface area contributed by atoms with Gasteiger partial charge in [0.2, 0.25) is 0 Å². The van der Waals surface area contributed by atoms with E-state index in [1.807, 2.05) is 0 Å². The SMILES string of the molecule is NC(c1ccc(Br)cc1Br)c1c(F)cc(F)cc1F. The van der Waals surface area contributed by atoms with Crippen LogP contribution in [-0.2, 0) is 0 Å². The fourth-order valence-electron chi connectivity index (χ4n) is 1.76. The van der Waals surface area contributed by atoms with Gasteiger partial charge in [-0.1, -0.05) is 37.9 Å². The molecule has 0 spiro atoms. The van der Waals surface area contributed by atoms with Gasteiger partial charge < -0.3 is 5.73 Å². The molecule has 2 aromatic rings. The van der Waals surface area contributed by atoms with E-state index in [1.165, 1.54) is 0 Å². The van der Waals surface area contributed by atoms with E-state index in [-0.39, 0.29) is 5.56 Å². The monoisotopic (exact) mass is 393 g/mol. The second kappa shape index (κ2) is 5.64. The maximum absolute atomic E-state index is 13.7. The summed E-state index contributed by atoms with van der Waals surface area (Å²) in [6.07, 6.45) is 0. The third kappa shape index (κ3) is 3.01. The van der Waals surface area contributed by atoms with E-state index in [4.69, 9.17) is 5.73 Å². The standard InChI is InChI=1S/C13H8Br2F3N/c14-6-1-2-8(9(15)3-6)13(19)12-10(17)4-7(16)5-11(12)18/h1-5,13H,19H2. The van der Waals surface area contributed by atoms with Crippen LogP contribution < -0.4 is 5.73 Å². The summed E-state index contributed by atoms with van der Waals surface area (Å²) in [7, 11) is 0. The van der Waals surface area contributed by atoms with E-state index in [0.29, 0.717) is 22.2 Å². The van der Waals surface area contributed by atoms with E-state index < -0.39 is 23.5 Å². The normalized spacial score (nSPS) is 12.5. The summed E-state index contributed by atoms with van der Waals surface area (Å²) in [4.78, 5) is 0. The van der Waals surface area contributed by atoms with Crippen LogP contribution in [-0.4, -0.2) is 0 Å². The number of nitrogens with two attached hydrogens (primary N) is 1. The third-order valence-corrected chi connectivity index (χ3v) is 3.83.